The molecule has 26 heavy (non-hydrogen) atoms. The maximum Gasteiger partial charge on any atom is 0.271 e. The predicted octanol–water partition coefficient (Wildman–Crippen LogP) is 2.08. The fraction of sp³-hybridized carbons (Fsp3) is 0.450. The van der Waals surface area contributed by atoms with E-state index in [1.165, 1.54) is 11.1 Å². The van der Waals surface area contributed by atoms with Crippen molar-refractivity contribution in [3.05, 3.63) is 53.5 Å². The Kier molecular flexibility index (Phi) is 5.11. The highest BCUT2D eigenvalue weighted by Gasteiger charge is 2.22. The summed E-state index contributed by atoms with van der Waals surface area (Å²) in [7, 11) is 0. The van der Waals surface area contributed by atoms with Crippen LogP contribution in [-0.4, -0.2) is 42.1 Å². The molecule has 2 N–H and O–H groups in total. The third-order valence-corrected chi connectivity index (χ3v) is 5.21. The Morgan fingerprint density at radius 3 is 2.92 bits per heavy atom. The fourth-order valence-corrected chi connectivity index (χ4v) is 3.81. The van der Waals surface area contributed by atoms with E-state index in [1.54, 1.807) is 12.4 Å². The van der Waals surface area contributed by atoms with Crippen LogP contribution in [0.1, 0.15) is 46.9 Å². The van der Waals surface area contributed by atoms with Crippen molar-refractivity contribution in [2.24, 2.45) is 0 Å². The summed E-state index contributed by atoms with van der Waals surface area (Å²) < 4.78 is 0. The van der Waals surface area contributed by atoms with E-state index in [2.05, 4.69) is 43.7 Å². The molecular weight excluding hydrogens is 326 g/mol. The molecule has 1 aromatic carbocycles. The minimum absolute atomic E-state index is 0.0607. The number of hydrogen-bond donors (Lipinski definition) is 2. The van der Waals surface area contributed by atoms with E-state index in [0.717, 1.165) is 57.7 Å². The first-order valence-corrected chi connectivity index (χ1v) is 9.47. The highest BCUT2D eigenvalue weighted by atomic mass is 16.1. The first-order valence-electron chi connectivity index (χ1n) is 9.47. The maximum absolute atomic E-state index is 12.6. The zero-order chi connectivity index (χ0) is 17.8. The second-order valence-corrected chi connectivity index (χ2v) is 6.97. The molecule has 0 spiro atoms. The molecule has 1 amide bonds. The lowest BCUT2D eigenvalue weighted by atomic mass is 9.88. The van der Waals surface area contributed by atoms with Crippen molar-refractivity contribution < 1.29 is 4.79 Å². The summed E-state index contributed by atoms with van der Waals surface area (Å²) in [4.78, 5) is 23.7. The molecule has 0 radical (unpaired) electrons. The molecule has 1 aromatic heterocycles. The van der Waals surface area contributed by atoms with Crippen molar-refractivity contribution in [2.75, 3.05) is 31.1 Å². The monoisotopic (exact) mass is 351 g/mol. The number of rotatable bonds is 3. The maximum atomic E-state index is 12.6. The molecule has 2 aliphatic rings. The van der Waals surface area contributed by atoms with E-state index < -0.39 is 0 Å². The fourth-order valence-electron chi connectivity index (χ4n) is 3.81. The van der Waals surface area contributed by atoms with Gasteiger partial charge in [-0.1, -0.05) is 24.3 Å². The predicted molar refractivity (Wildman–Crippen MR) is 101 cm³/mol. The van der Waals surface area contributed by atoms with Crippen molar-refractivity contribution in [3.63, 3.8) is 0 Å². The number of anilines is 1. The summed E-state index contributed by atoms with van der Waals surface area (Å²) in [5.74, 6) is 0.691. The Balaban J connectivity index is 1.44. The Hall–Kier alpha value is -2.47. The number of nitrogens with one attached hydrogen (secondary N) is 2. The molecule has 1 aliphatic heterocycles. The van der Waals surface area contributed by atoms with Gasteiger partial charge in [-0.3, -0.25) is 4.79 Å². The molecule has 1 atom stereocenters. The molecule has 4 rings (SSSR count). The van der Waals surface area contributed by atoms with Gasteiger partial charge < -0.3 is 15.5 Å². The third-order valence-electron chi connectivity index (χ3n) is 5.21. The molecule has 6 nitrogen and oxygen atoms in total. The SMILES string of the molecule is O=C(N[C@@H]1CCCc2ccccc21)c1cnc(N2CCCNCC2)cn1. The van der Waals surface area contributed by atoms with Gasteiger partial charge in [-0.2, -0.15) is 0 Å². The lowest BCUT2D eigenvalue weighted by Crippen LogP contribution is -2.32. The topological polar surface area (TPSA) is 70.2 Å². The van der Waals surface area contributed by atoms with Gasteiger partial charge in [0.15, 0.2) is 0 Å². The average molecular weight is 351 g/mol. The number of carbonyl (C=O) groups excluding carboxylic acids is 1. The highest BCUT2D eigenvalue weighted by molar-refractivity contribution is 5.92. The van der Waals surface area contributed by atoms with Crippen molar-refractivity contribution >= 4 is 11.7 Å². The van der Waals surface area contributed by atoms with Crippen molar-refractivity contribution in [3.8, 4) is 0 Å². The Bertz CT molecular complexity index is 753. The highest BCUT2D eigenvalue weighted by Crippen LogP contribution is 2.29. The van der Waals surface area contributed by atoms with Crippen LogP contribution >= 0.6 is 0 Å². The van der Waals surface area contributed by atoms with Gasteiger partial charge in [0.25, 0.3) is 5.91 Å². The molecule has 0 saturated carbocycles. The van der Waals surface area contributed by atoms with Gasteiger partial charge in [0.1, 0.15) is 11.5 Å². The zero-order valence-corrected chi connectivity index (χ0v) is 14.9. The van der Waals surface area contributed by atoms with Gasteiger partial charge in [-0.05, 0) is 43.4 Å². The van der Waals surface area contributed by atoms with E-state index in [4.69, 9.17) is 0 Å². The van der Waals surface area contributed by atoms with Crippen molar-refractivity contribution in [2.45, 2.75) is 31.7 Å². The first kappa shape index (κ1) is 17.0. The van der Waals surface area contributed by atoms with Crippen LogP contribution in [0.15, 0.2) is 36.7 Å². The zero-order valence-electron chi connectivity index (χ0n) is 14.9. The summed E-state index contributed by atoms with van der Waals surface area (Å²) in [6.45, 7) is 3.86. The molecular formula is C20H25N5O. The van der Waals surface area contributed by atoms with E-state index >= 15 is 0 Å². The number of carbonyl (C=O) groups is 1. The Morgan fingerprint density at radius 2 is 2.04 bits per heavy atom. The summed E-state index contributed by atoms with van der Waals surface area (Å²) in [5, 5.41) is 6.51. The van der Waals surface area contributed by atoms with Crippen LogP contribution in [0.2, 0.25) is 0 Å². The number of benzene rings is 1. The Labute approximate surface area is 154 Å². The number of nitrogens with zero attached hydrogens (tertiary/aromatic N) is 3. The third kappa shape index (κ3) is 3.70. The van der Waals surface area contributed by atoms with Crippen LogP contribution in [0.3, 0.4) is 0 Å². The molecule has 136 valence electrons. The number of aromatic nitrogens is 2. The smallest absolute Gasteiger partial charge is 0.271 e. The van der Waals surface area contributed by atoms with Gasteiger partial charge in [0.05, 0.1) is 18.4 Å². The summed E-state index contributed by atoms with van der Waals surface area (Å²) in [6, 6.07) is 8.42. The second-order valence-electron chi connectivity index (χ2n) is 6.97. The normalized spacial score (nSPS) is 20.2. The van der Waals surface area contributed by atoms with Gasteiger partial charge in [-0.15, -0.1) is 0 Å². The average Bonchev–Trinajstić information content (AvgIpc) is 2.98. The number of hydrogen-bond acceptors (Lipinski definition) is 5. The van der Waals surface area contributed by atoms with E-state index in [-0.39, 0.29) is 11.9 Å². The van der Waals surface area contributed by atoms with Crippen LogP contribution < -0.4 is 15.5 Å². The van der Waals surface area contributed by atoms with E-state index in [9.17, 15) is 4.79 Å². The van der Waals surface area contributed by atoms with E-state index in [1.807, 2.05) is 6.07 Å². The second kappa shape index (κ2) is 7.83. The van der Waals surface area contributed by atoms with Crippen LogP contribution in [0.4, 0.5) is 5.82 Å². The van der Waals surface area contributed by atoms with Gasteiger partial charge >= 0.3 is 0 Å². The van der Waals surface area contributed by atoms with E-state index in [0.29, 0.717) is 5.69 Å². The lowest BCUT2D eigenvalue weighted by Gasteiger charge is -2.26. The van der Waals surface area contributed by atoms with Gasteiger partial charge in [-0.25, -0.2) is 9.97 Å². The molecule has 2 aromatic rings. The molecule has 0 unspecified atom stereocenters. The molecule has 1 fully saturated rings. The minimum atomic E-state index is -0.150. The number of fused-ring (bicyclic) bond motifs is 1. The van der Waals surface area contributed by atoms with Crippen LogP contribution in [0.25, 0.3) is 0 Å². The van der Waals surface area contributed by atoms with Gasteiger partial charge in [0, 0.05) is 19.6 Å². The van der Waals surface area contributed by atoms with Crippen molar-refractivity contribution in [1.82, 2.24) is 20.6 Å². The van der Waals surface area contributed by atoms with Crippen LogP contribution in [-0.2, 0) is 6.42 Å². The van der Waals surface area contributed by atoms with Crippen LogP contribution in [0, 0.1) is 0 Å². The van der Waals surface area contributed by atoms with Crippen molar-refractivity contribution in [1.29, 1.82) is 0 Å². The molecule has 1 aliphatic carbocycles. The summed E-state index contributed by atoms with van der Waals surface area (Å²) in [6.07, 6.45) is 7.55. The largest absolute Gasteiger partial charge is 0.354 e. The lowest BCUT2D eigenvalue weighted by molar-refractivity contribution is 0.0927. The number of amides is 1. The first-order chi connectivity index (χ1) is 12.8. The summed E-state index contributed by atoms with van der Waals surface area (Å²) in [5.41, 5.74) is 2.94. The number of aryl methyl sites for hydroxylation is 1. The molecule has 6 heteroatoms. The molecule has 0 bridgehead atoms. The van der Waals surface area contributed by atoms with Gasteiger partial charge in [0.2, 0.25) is 0 Å². The minimum Gasteiger partial charge on any atom is -0.354 e. The quantitative estimate of drug-likeness (QED) is 0.886. The molecule has 2 heterocycles. The molecule has 1 saturated heterocycles. The Morgan fingerprint density at radius 1 is 1.12 bits per heavy atom. The summed E-state index contributed by atoms with van der Waals surface area (Å²) >= 11 is 0. The van der Waals surface area contributed by atoms with Crippen LogP contribution in [0.5, 0.6) is 0 Å². The standard InChI is InChI=1S/C20H25N5O/c26-20(24-17-8-3-6-15-5-1-2-7-16(15)17)18-13-23-19(14-22-18)25-11-4-9-21-10-12-25/h1-2,5,7,13-14,17,21H,3-4,6,8-12H2,(H,24,26)/t17-/m1/s1.